The number of hydrogen-bond donors (Lipinski definition) is 4. The van der Waals surface area contributed by atoms with E-state index in [1.165, 1.54) is 18.2 Å². The predicted octanol–water partition coefficient (Wildman–Crippen LogP) is 5.01. The van der Waals surface area contributed by atoms with Crippen molar-refractivity contribution in [1.82, 2.24) is 15.0 Å². The highest BCUT2D eigenvalue weighted by Crippen LogP contribution is 2.26. The van der Waals surface area contributed by atoms with Gasteiger partial charge in [0.05, 0.1) is 5.02 Å². The van der Waals surface area contributed by atoms with Crippen LogP contribution in [0.5, 0.6) is 0 Å². The molecule has 0 saturated carbocycles. The molecule has 2 amide bonds. The summed E-state index contributed by atoms with van der Waals surface area (Å²) in [6.07, 6.45) is 3.28. The highest BCUT2D eigenvalue weighted by atomic mass is 35.5. The topological polar surface area (TPSA) is 137 Å². The van der Waals surface area contributed by atoms with Crippen molar-refractivity contribution in [1.29, 1.82) is 0 Å². The molecule has 0 spiro atoms. The smallest absolute Gasteiger partial charge is 0.322 e. The quantitative estimate of drug-likeness (QED) is 0.209. The lowest BCUT2D eigenvalue weighted by Gasteiger charge is -2.16. The molecule has 0 saturated heterocycles. The van der Waals surface area contributed by atoms with Crippen LogP contribution in [-0.2, 0) is 27.8 Å². The summed E-state index contributed by atoms with van der Waals surface area (Å²) in [5.41, 5.74) is 4.71. The number of urea groups is 1. The monoisotopic (exact) mass is 578 g/mol. The van der Waals surface area contributed by atoms with Crippen LogP contribution in [0.3, 0.4) is 0 Å². The molecular formula is C29H27ClN4O5S. The Kier molecular flexibility index (Phi) is 9.15. The number of carboxylic acid groups (broad SMARTS) is 1. The van der Waals surface area contributed by atoms with Crippen LogP contribution in [0, 0.1) is 6.92 Å². The first-order valence-electron chi connectivity index (χ1n) is 12.3. The molecule has 9 nitrogen and oxygen atoms in total. The molecule has 1 atom stereocenters. The number of nitrogens with zero attached hydrogens (tertiary/aromatic N) is 1. The lowest BCUT2D eigenvalue weighted by Crippen LogP contribution is -2.42. The SMILES string of the molecule is Cc1ccc(-c2ccc(C[C@@H](NS(=O)(=O)c3ccccc3Cl)C(=O)O)cc2)cc1NC(=O)NCc1cccnc1. The fraction of sp³-hybridized carbons (Fsp3) is 0.138. The first kappa shape index (κ1) is 28.8. The van der Waals surface area contributed by atoms with Crippen LogP contribution in [0.4, 0.5) is 10.5 Å². The molecule has 4 rings (SSSR count). The van der Waals surface area contributed by atoms with Gasteiger partial charge in [-0.25, -0.2) is 13.2 Å². The molecule has 1 aromatic heterocycles. The molecule has 0 aliphatic carbocycles. The van der Waals surface area contributed by atoms with Gasteiger partial charge in [0.1, 0.15) is 10.9 Å². The maximum absolute atomic E-state index is 12.8. The number of carbonyl (C=O) groups is 2. The minimum Gasteiger partial charge on any atom is -0.480 e. The van der Waals surface area contributed by atoms with E-state index in [0.29, 0.717) is 17.8 Å². The van der Waals surface area contributed by atoms with E-state index in [1.807, 2.05) is 43.3 Å². The van der Waals surface area contributed by atoms with Gasteiger partial charge in [-0.3, -0.25) is 9.78 Å². The molecule has 11 heteroatoms. The van der Waals surface area contributed by atoms with Crippen LogP contribution in [0.15, 0.2) is 96.2 Å². The van der Waals surface area contributed by atoms with Gasteiger partial charge in [-0.05, 0) is 65.4 Å². The minimum atomic E-state index is -4.15. The summed E-state index contributed by atoms with van der Waals surface area (Å²) in [5.74, 6) is -1.31. The summed E-state index contributed by atoms with van der Waals surface area (Å²) < 4.78 is 27.7. The van der Waals surface area contributed by atoms with E-state index in [1.54, 1.807) is 36.7 Å². The van der Waals surface area contributed by atoms with E-state index in [4.69, 9.17) is 11.6 Å². The number of aliphatic carboxylic acids is 1. The number of anilines is 1. The fourth-order valence-electron chi connectivity index (χ4n) is 3.95. The molecule has 206 valence electrons. The summed E-state index contributed by atoms with van der Waals surface area (Å²) >= 11 is 6.00. The van der Waals surface area contributed by atoms with Crippen molar-refractivity contribution >= 4 is 39.3 Å². The largest absolute Gasteiger partial charge is 0.480 e. The van der Waals surface area contributed by atoms with Crippen LogP contribution in [-0.4, -0.2) is 36.6 Å². The van der Waals surface area contributed by atoms with Gasteiger partial charge in [-0.15, -0.1) is 0 Å². The van der Waals surface area contributed by atoms with E-state index in [2.05, 4.69) is 20.3 Å². The van der Waals surface area contributed by atoms with Crippen molar-refractivity contribution in [2.45, 2.75) is 30.8 Å². The zero-order valence-corrected chi connectivity index (χ0v) is 23.0. The van der Waals surface area contributed by atoms with Crippen molar-refractivity contribution in [3.8, 4) is 11.1 Å². The van der Waals surface area contributed by atoms with Crippen LogP contribution >= 0.6 is 11.6 Å². The highest BCUT2D eigenvalue weighted by Gasteiger charge is 2.27. The first-order chi connectivity index (χ1) is 19.1. The van der Waals surface area contributed by atoms with Gasteiger partial charge in [0.2, 0.25) is 10.0 Å². The first-order valence-corrected chi connectivity index (χ1v) is 14.1. The fourth-order valence-corrected chi connectivity index (χ4v) is 5.66. The average molecular weight is 579 g/mol. The third kappa shape index (κ3) is 7.44. The van der Waals surface area contributed by atoms with Gasteiger partial charge in [-0.1, -0.05) is 66.2 Å². The van der Waals surface area contributed by atoms with E-state index >= 15 is 0 Å². The van der Waals surface area contributed by atoms with Crippen LogP contribution < -0.4 is 15.4 Å². The minimum absolute atomic E-state index is 0.00132. The Balaban J connectivity index is 1.43. The Labute approximate surface area is 237 Å². The number of carbonyl (C=O) groups excluding carboxylic acids is 1. The van der Waals surface area contributed by atoms with Gasteiger partial charge in [-0.2, -0.15) is 4.72 Å². The molecule has 4 N–H and O–H groups in total. The molecule has 4 aromatic rings. The van der Waals surface area contributed by atoms with Crippen molar-refractivity contribution in [2.75, 3.05) is 5.32 Å². The average Bonchev–Trinajstić information content (AvgIpc) is 2.94. The van der Waals surface area contributed by atoms with Crippen LogP contribution in [0.2, 0.25) is 5.02 Å². The standard InChI is InChI=1S/C29H27ClN4O5S/c1-19-8-11-23(16-25(19)33-29(37)32-18-21-5-4-14-31-17-21)22-12-9-20(10-13-22)15-26(28(35)36)34-40(38,39)27-7-3-2-6-24(27)30/h2-14,16-17,26,34H,15,18H2,1H3,(H,35,36)(H2,32,33,37)/t26-/m1/s1. The molecule has 40 heavy (non-hydrogen) atoms. The second kappa shape index (κ2) is 12.7. The molecule has 0 bridgehead atoms. The second-order valence-corrected chi connectivity index (χ2v) is 11.1. The number of benzene rings is 3. The maximum Gasteiger partial charge on any atom is 0.322 e. The lowest BCUT2D eigenvalue weighted by molar-refractivity contribution is -0.138. The second-order valence-electron chi connectivity index (χ2n) is 9.04. The van der Waals surface area contributed by atoms with Crippen LogP contribution in [0.25, 0.3) is 11.1 Å². The summed E-state index contributed by atoms with van der Waals surface area (Å²) in [6, 6.07) is 20.5. The van der Waals surface area contributed by atoms with Gasteiger partial charge < -0.3 is 15.7 Å². The Morgan fingerprint density at radius 2 is 1.68 bits per heavy atom. The number of carboxylic acids is 1. The number of amides is 2. The number of aromatic nitrogens is 1. The Hall–Kier alpha value is -4.25. The van der Waals surface area contributed by atoms with Crippen molar-refractivity contribution < 1.29 is 23.1 Å². The van der Waals surface area contributed by atoms with Gasteiger partial charge in [0, 0.05) is 24.6 Å². The van der Waals surface area contributed by atoms with Gasteiger partial charge in [0.25, 0.3) is 0 Å². The predicted molar refractivity (Wildman–Crippen MR) is 154 cm³/mol. The number of aryl methyl sites for hydroxylation is 1. The molecule has 0 aliphatic rings. The number of sulfonamides is 1. The molecule has 0 aliphatic heterocycles. The zero-order chi connectivity index (χ0) is 28.7. The third-order valence-corrected chi connectivity index (χ3v) is 8.08. The number of hydrogen-bond acceptors (Lipinski definition) is 5. The third-order valence-electron chi connectivity index (χ3n) is 6.11. The zero-order valence-electron chi connectivity index (χ0n) is 21.5. The summed E-state index contributed by atoms with van der Waals surface area (Å²) in [5, 5.41) is 15.4. The van der Waals surface area contributed by atoms with Gasteiger partial charge >= 0.3 is 12.0 Å². The summed E-state index contributed by atoms with van der Waals surface area (Å²) in [4.78, 5) is 28.2. The maximum atomic E-state index is 12.8. The van der Waals surface area contributed by atoms with Crippen molar-refractivity contribution in [2.24, 2.45) is 0 Å². The molecule has 0 fully saturated rings. The summed E-state index contributed by atoms with van der Waals surface area (Å²) in [7, 11) is -4.15. The Bertz CT molecular complexity index is 1610. The lowest BCUT2D eigenvalue weighted by atomic mass is 9.99. The van der Waals surface area contributed by atoms with Crippen molar-refractivity contribution in [3.63, 3.8) is 0 Å². The van der Waals surface area contributed by atoms with Crippen molar-refractivity contribution in [3.05, 3.63) is 113 Å². The van der Waals surface area contributed by atoms with E-state index < -0.39 is 22.0 Å². The van der Waals surface area contributed by atoms with E-state index in [0.717, 1.165) is 22.3 Å². The Morgan fingerprint density at radius 1 is 0.950 bits per heavy atom. The molecule has 3 aromatic carbocycles. The van der Waals surface area contributed by atoms with Crippen LogP contribution in [0.1, 0.15) is 16.7 Å². The number of nitrogens with one attached hydrogen (secondary N) is 3. The molecule has 1 heterocycles. The summed E-state index contributed by atoms with van der Waals surface area (Å²) in [6.45, 7) is 2.23. The highest BCUT2D eigenvalue weighted by molar-refractivity contribution is 7.89. The van der Waals surface area contributed by atoms with Gasteiger partial charge in [0.15, 0.2) is 0 Å². The van der Waals surface area contributed by atoms with E-state index in [9.17, 15) is 23.1 Å². The molecule has 0 radical (unpaired) electrons. The normalized spacial score (nSPS) is 11.9. The number of pyridine rings is 1. The number of halogens is 1. The Morgan fingerprint density at radius 3 is 2.35 bits per heavy atom. The van der Waals surface area contributed by atoms with E-state index in [-0.39, 0.29) is 22.4 Å². The number of rotatable bonds is 10. The molecule has 0 unspecified atom stereocenters. The molecular weight excluding hydrogens is 552 g/mol.